The van der Waals surface area contributed by atoms with Crippen molar-refractivity contribution in [2.24, 2.45) is 5.41 Å². The first-order valence-electron chi connectivity index (χ1n) is 6.53. The Morgan fingerprint density at radius 2 is 2.10 bits per heavy atom. The molecule has 1 aromatic rings. The van der Waals surface area contributed by atoms with E-state index < -0.39 is 23.5 Å². The van der Waals surface area contributed by atoms with Gasteiger partial charge in [0.25, 0.3) is 0 Å². The molecule has 0 spiro atoms. The van der Waals surface area contributed by atoms with Crippen LogP contribution in [0, 0.1) is 5.41 Å². The van der Waals surface area contributed by atoms with Gasteiger partial charge in [-0.2, -0.15) is 0 Å². The molecule has 1 atom stereocenters. The number of aromatic nitrogens is 1. The molecule has 20 heavy (non-hydrogen) atoms. The number of nitrogens with zero attached hydrogens (tertiary/aromatic N) is 1. The number of carboxylic acids is 1. The van der Waals surface area contributed by atoms with Crippen molar-refractivity contribution in [3.8, 4) is 0 Å². The molecule has 2 amide bonds. The third-order valence-corrected chi connectivity index (χ3v) is 3.90. The number of nitrogens with one attached hydrogen (secondary N) is 2. The minimum Gasteiger partial charge on any atom is -0.480 e. The van der Waals surface area contributed by atoms with E-state index in [0.717, 1.165) is 18.5 Å². The number of anilines is 1. The molecular formula is C13H19N3O3S. The summed E-state index contributed by atoms with van der Waals surface area (Å²) in [5.74, 6) is -0.517. The van der Waals surface area contributed by atoms with E-state index >= 15 is 0 Å². The summed E-state index contributed by atoms with van der Waals surface area (Å²) in [5.41, 5.74) is 0.446. The van der Waals surface area contributed by atoms with E-state index in [1.165, 1.54) is 11.3 Å². The Hall–Kier alpha value is -1.63. The van der Waals surface area contributed by atoms with Gasteiger partial charge in [0, 0.05) is 11.3 Å². The lowest BCUT2D eigenvalue weighted by molar-refractivity contribution is -0.141. The van der Waals surface area contributed by atoms with Crippen LogP contribution in [0.1, 0.15) is 45.2 Å². The number of rotatable bonds is 4. The third kappa shape index (κ3) is 3.69. The van der Waals surface area contributed by atoms with Crippen molar-refractivity contribution in [1.29, 1.82) is 0 Å². The maximum atomic E-state index is 11.8. The van der Waals surface area contributed by atoms with Gasteiger partial charge in [0.05, 0.1) is 5.69 Å². The largest absolute Gasteiger partial charge is 0.480 e. The molecule has 1 fully saturated rings. The van der Waals surface area contributed by atoms with Crippen molar-refractivity contribution in [3.63, 3.8) is 0 Å². The molecule has 7 heteroatoms. The molecule has 2 rings (SSSR count). The topological polar surface area (TPSA) is 91.3 Å². The van der Waals surface area contributed by atoms with Crippen LogP contribution in [0.4, 0.5) is 9.93 Å². The summed E-state index contributed by atoms with van der Waals surface area (Å²) in [4.78, 5) is 27.4. The third-order valence-electron chi connectivity index (χ3n) is 3.13. The number of aliphatic carboxylic acids is 1. The van der Waals surface area contributed by atoms with Crippen LogP contribution in [0.5, 0.6) is 0 Å². The highest BCUT2D eigenvalue weighted by molar-refractivity contribution is 7.13. The second-order valence-corrected chi connectivity index (χ2v) is 6.95. The molecule has 0 aromatic carbocycles. The summed E-state index contributed by atoms with van der Waals surface area (Å²) in [5, 5.41) is 16.7. The second-order valence-electron chi connectivity index (χ2n) is 6.09. The van der Waals surface area contributed by atoms with Gasteiger partial charge >= 0.3 is 12.0 Å². The Morgan fingerprint density at radius 3 is 2.60 bits per heavy atom. The van der Waals surface area contributed by atoms with E-state index in [9.17, 15) is 9.59 Å². The molecule has 1 aliphatic rings. The highest BCUT2D eigenvalue weighted by Gasteiger charge is 2.33. The summed E-state index contributed by atoms with van der Waals surface area (Å²) in [6.45, 7) is 5.29. The van der Waals surface area contributed by atoms with Crippen molar-refractivity contribution >= 4 is 28.5 Å². The zero-order chi connectivity index (χ0) is 14.9. The lowest BCUT2D eigenvalue weighted by Gasteiger charge is -2.27. The van der Waals surface area contributed by atoms with E-state index in [1.54, 1.807) is 20.8 Å². The van der Waals surface area contributed by atoms with Gasteiger partial charge in [-0.15, -0.1) is 11.3 Å². The first-order valence-corrected chi connectivity index (χ1v) is 7.41. The number of hydrogen-bond acceptors (Lipinski definition) is 4. The Labute approximate surface area is 121 Å². The van der Waals surface area contributed by atoms with Gasteiger partial charge in [-0.05, 0) is 18.3 Å². The summed E-state index contributed by atoms with van der Waals surface area (Å²) in [7, 11) is 0. The number of carbonyl (C=O) groups is 2. The summed E-state index contributed by atoms with van der Waals surface area (Å²) in [6, 6.07) is -1.49. The van der Waals surface area contributed by atoms with Gasteiger partial charge in [0.1, 0.15) is 6.04 Å². The van der Waals surface area contributed by atoms with Crippen molar-refractivity contribution in [2.45, 2.75) is 45.6 Å². The fourth-order valence-corrected chi connectivity index (χ4v) is 2.61. The molecule has 0 aliphatic heterocycles. The number of carboxylic acid groups (broad SMARTS) is 1. The van der Waals surface area contributed by atoms with Crippen LogP contribution in [-0.4, -0.2) is 28.1 Å². The lowest BCUT2D eigenvalue weighted by Crippen LogP contribution is -2.50. The molecule has 3 N–H and O–H groups in total. The number of amides is 2. The molecule has 1 aromatic heterocycles. The van der Waals surface area contributed by atoms with E-state index in [-0.39, 0.29) is 0 Å². The average molecular weight is 297 g/mol. The minimum absolute atomic E-state index is 0.502. The molecule has 1 aliphatic carbocycles. The predicted molar refractivity (Wildman–Crippen MR) is 77.1 cm³/mol. The number of carbonyl (C=O) groups excluding carboxylic acids is 1. The lowest BCUT2D eigenvalue weighted by atomic mass is 9.87. The SMILES string of the molecule is CC(C)(C)[C@@H](NC(=O)Nc1nc(C2CC2)cs1)C(=O)O. The van der Waals surface area contributed by atoms with Gasteiger partial charge in [-0.1, -0.05) is 20.8 Å². The Balaban J connectivity index is 1.94. The first kappa shape index (κ1) is 14.8. The van der Waals surface area contributed by atoms with Crippen molar-refractivity contribution in [3.05, 3.63) is 11.1 Å². The molecule has 1 saturated carbocycles. The highest BCUT2D eigenvalue weighted by Crippen LogP contribution is 2.40. The molecular weight excluding hydrogens is 278 g/mol. The number of thiazole rings is 1. The van der Waals surface area contributed by atoms with Crippen LogP contribution in [0.15, 0.2) is 5.38 Å². The van der Waals surface area contributed by atoms with Crippen molar-refractivity contribution < 1.29 is 14.7 Å². The van der Waals surface area contributed by atoms with Crippen LogP contribution in [0.3, 0.4) is 0 Å². The maximum absolute atomic E-state index is 11.8. The van der Waals surface area contributed by atoms with Gasteiger partial charge in [0.2, 0.25) is 0 Å². The highest BCUT2D eigenvalue weighted by atomic mass is 32.1. The quantitative estimate of drug-likeness (QED) is 0.796. The van der Waals surface area contributed by atoms with Crippen molar-refractivity contribution in [1.82, 2.24) is 10.3 Å². The zero-order valence-corrected chi connectivity index (χ0v) is 12.6. The first-order chi connectivity index (χ1) is 9.27. The van der Waals surface area contributed by atoms with Gasteiger partial charge in [-0.3, -0.25) is 5.32 Å². The summed E-state index contributed by atoms with van der Waals surface area (Å²) < 4.78 is 0. The molecule has 6 nitrogen and oxygen atoms in total. The van der Waals surface area contributed by atoms with Crippen LogP contribution in [-0.2, 0) is 4.79 Å². The smallest absolute Gasteiger partial charge is 0.326 e. The summed E-state index contributed by atoms with van der Waals surface area (Å²) in [6.07, 6.45) is 2.31. The van der Waals surface area contributed by atoms with E-state index in [4.69, 9.17) is 5.11 Å². The van der Waals surface area contributed by atoms with Crippen LogP contribution in [0.2, 0.25) is 0 Å². The van der Waals surface area contributed by atoms with Crippen LogP contribution in [0.25, 0.3) is 0 Å². The predicted octanol–water partition coefficient (Wildman–Crippen LogP) is 2.64. The molecule has 110 valence electrons. The molecule has 1 heterocycles. The fourth-order valence-electron chi connectivity index (χ4n) is 1.82. The van der Waals surface area contributed by atoms with Crippen LogP contribution < -0.4 is 10.6 Å². The van der Waals surface area contributed by atoms with E-state index in [1.807, 2.05) is 5.38 Å². The molecule has 0 radical (unpaired) electrons. The number of urea groups is 1. The molecule has 0 bridgehead atoms. The summed E-state index contributed by atoms with van der Waals surface area (Å²) >= 11 is 1.36. The van der Waals surface area contributed by atoms with Gasteiger partial charge < -0.3 is 10.4 Å². The van der Waals surface area contributed by atoms with Gasteiger partial charge in [0.15, 0.2) is 5.13 Å². The van der Waals surface area contributed by atoms with Crippen LogP contribution >= 0.6 is 11.3 Å². The van der Waals surface area contributed by atoms with E-state index in [2.05, 4.69) is 15.6 Å². The van der Waals surface area contributed by atoms with E-state index in [0.29, 0.717) is 11.0 Å². The molecule has 0 saturated heterocycles. The molecule has 0 unspecified atom stereocenters. The zero-order valence-electron chi connectivity index (χ0n) is 11.8. The number of hydrogen-bond donors (Lipinski definition) is 3. The maximum Gasteiger partial charge on any atom is 0.326 e. The Morgan fingerprint density at radius 1 is 1.45 bits per heavy atom. The minimum atomic E-state index is -1.05. The Bertz CT molecular complexity index is 517. The normalized spacial score (nSPS) is 16.6. The average Bonchev–Trinajstić information content (AvgIpc) is 3.06. The fraction of sp³-hybridized carbons (Fsp3) is 0.615. The monoisotopic (exact) mass is 297 g/mol. The standard InChI is InChI=1S/C13H19N3O3S/c1-13(2,3)9(10(17)18)15-11(19)16-12-14-8(6-20-12)7-4-5-7/h6-7,9H,4-5H2,1-3H3,(H,17,18)(H2,14,15,16,19)/t9-/m0/s1. The van der Waals surface area contributed by atoms with Gasteiger partial charge in [-0.25, -0.2) is 14.6 Å². The second kappa shape index (κ2) is 5.40. The van der Waals surface area contributed by atoms with Crippen molar-refractivity contribution in [2.75, 3.05) is 5.32 Å². The Kier molecular flexibility index (Phi) is 3.99.